The van der Waals surface area contributed by atoms with E-state index in [2.05, 4.69) is 4.98 Å². The largest absolute Gasteiger partial charge is 0.395 e. The predicted molar refractivity (Wildman–Crippen MR) is 57.3 cm³/mol. The van der Waals surface area contributed by atoms with Crippen LogP contribution in [0.15, 0.2) is 23.4 Å². The average Bonchev–Trinajstić information content (AvgIpc) is 2.18. The smallest absolute Gasteiger partial charge is 0.102 e. The molecule has 0 amide bonds. The van der Waals surface area contributed by atoms with Crippen LogP contribution in [-0.2, 0) is 0 Å². The molecule has 1 unspecified atom stereocenters. The van der Waals surface area contributed by atoms with Crippen molar-refractivity contribution in [1.29, 1.82) is 0 Å². The minimum Gasteiger partial charge on any atom is -0.395 e. The van der Waals surface area contributed by atoms with Gasteiger partial charge in [0.2, 0.25) is 0 Å². The van der Waals surface area contributed by atoms with Gasteiger partial charge < -0.3 is 10.2 Å². The average molecular weight is 213 g/mol. The number of rotatable bonds is 4. The van der Waals surface area contributed by atoms with Crippen LogP contribution in [0.5, 0.6) is 0 Å². The summed E-state index contributed by atoms with van der Waals surface area (Å²) in [6.07, 6.45) is 1.18. The van der Waals surface area contributed by atoms with Crippen LogP contribution in [0.4, 0.5) is 0 Å². The molecule has 0 saturated heterocycles. The first-order valence-corrected chi connectivity index (χ1v) is 5.43. The summed E-state index contributed by atoms with van der Waals surface area (Å²) in [5, 5.41) is 19.3. The van der Waals surface area contributed by atoms with Gasteiger partial charge in [-0.05, 0) is 13.0 Å². The SMILES string of the molecule is CC(CO)Sc1ncccc1[C@H](C)O. The summed E-state index contributed by atoms with van der Waals surface area (Å²) >= 11 is 1.48. The molecule has 0 fully saturated rings. The topological polar surface area (TPSA) is 53.4 Å². The molecule has 1 heterocycles. The minimum atomic E-state index is -0.517. The maximum absolute atomic E-state index is 9.47. The molecule has 0 saturated carbocycles. The molecule has 78 valence electrons. The van der Waals surface area contributed by atoms with E-state index in [1.165, 1.54) is 11.8 Å². The molecular formula is C10H15NO2S. The van der Waals surface area contributed by atoms with Gasteiger partial charge >= 0.3 is 0 Å². The van der Waals surface area contributed by atoms with Crippen LogP contribution in [0.3, 0.4) is 0 Å². The Hall–Kier alpha value is -0.580. The summed E-state index contributed by atoms with van der Waals surface area (Å²) in [4.78, 5) is 4.18. The predicted octanol–water partition coefficient (Wildman–Crippen LogP) is 1.61. The van der Waals surface area contributed by atoms with E-state index in [0.29, 0.717) is 0 Å². The zero-order valence-electron chi connectivity index (χ0n) is 8.34. The van der Waals surface area contributed by atoms with Gasteiger partial charge in [0.05, 0.1) is 12.7 Å². The molecule has 0 aromatic carbocycles. The zero-order valence-corrected chi connectivity index (χ0v) is 9.16. The van der Waals surface area contributed by atoms with E-state index in [9.17, 15) is 5.11 Å². The van der Waals surface area contributed by atoms with Crippen molar-refractivity contribution < 1.29 is 10.2 Å². The molecule has 0 aliphatic rings. The molecule has 0 radical (unpaired) electrons. The van der Waals surface area contributed by atoms with Gasteiger partial charge in [0.15, 0.2) is 0 Å². The van der Waals surface area contributed by atoms with Crippen molar-refractivity contribution in [2.24, 2.45) is 0 Å². The zero-order chi connectivity index (χ0) is 10.6. The molecule has 0 aliphatic heterocycles. The summed E-state index contributed by atoms with van der Waals surface area (Å²) in [5.41, 5.74) is 0.817. The van der Waals surface area contributed by atoms with E-state index in [1.807, 2.05) is 13.0 Å². The Morgan fingerprint density at radius 3 is 2.79 bits per heavy atom. The van der Waals surface area contributed by atoms with Gasteiger partial charge in [-0.15, -0.1) is 11.8 Å². The molecular weight excluding hydrogens is 198 g/mol. The van der Waals surface area contributed by atoms with E-state index in [0.717, 1.165) is 10.6 Å². The number of hydrogen-bond donors (Lipinski definition) is 2. The van der Waals surface area contributed by atoms with Crippen molar-refractivity contribution in [1.82, 2.24) is 4.98 Å². The highest BCUT2D eigenvalue weighted by atomic mass is 32.2. The van der Waals surface area contributed by atoms with Gasteiger partial charge in [0.1, 0.15) is 5.03 Å². The lowest BCUT2D eigenvalue weighted by molar-refractivity contribution is 0.195. The number of pyridine rings is 1. The maximum atomic E-state index is 9.47. The Labute approximate surface area is 88.2 Å². The van der Waals surface area contributed by atoms with Crippen LogP contribution in [0.25, 0.3) is 0 Å². The lowest BCUT2D eigenvalue weighted by atomic mass is 10.2. The third-order valence-corrected chi connectivity index (χ3v) is 2.94. The Balaban J connectivity index is 2.84. The van der Waals surface area contributed by atoms with Gasteiger partial charge in [-0.25, -0.2) is 4.98 Å². The molecule has 14 heavy (non-hydrogen) atoms. The van der Waals surface area contributed by atoms with Crippen LogP contribution in [-0.4, -0.2) is 27.1 Å². The van der Waals surface area contributed by atoms with Crippen LogP contribution in [0.2, 0.25) is 0 Å². The Kier molecular flexibility index (Phi) is 4.38. The van der Waals surface area contributed by atoms with E-state index < -0.39 is 6.10 Å². The van der Waals surface area contributed by atoms with Gasteiger partial charge in [0.25, 0.3) is 0 Å². The third-order valence-electron chi connectivity index (χ3n) is 1.82. The van der Waals surface area contributed by atoms with E-state index in [4.69, 9.17) is 5.11 Å². The lowest BCUT2D eigenvalue weighted by Crippen LogP contribution is -2.04. The Morgan fingerprint density at radius 2 is 2.21 bits per heavy atom. The van der Waals surface area contributed by atoms with Crippen LogP contribution >= 0.6 is 11.8 Å². The van der Waals surface area contributed by atoms with Crippen molar-refractivity contribution in [2.75, 3.05) is 6.61 Å². The monoisotopic (exact) mass is 213 g/mol. The molecule has 1 aromatic rings. The van der Waals surface area contributed by atoms with Crippen molar-refractivity contribution in [3.8, 4) is 0 Å². The van der Waals surface area contributed by atoms with Gasteiger partial charge in [-0.3, -0.25) is 0 Å². The van der Waals surface area contributed by atoms with Crippen LogP contribution in [0, 0.1) is 0 Å². The minimum absolute atomic E-state index is 0.0994. The van der Waals surface area contributed by atoms with Gasteiger partial charge in [0, 0.05) is 17.0 Å². The highest BCUT2D eigenvalue weighted by Gasteiger charge is 2.11. The quantitative estimate of drug-likeness (QED) is 0.746. The number of aromatic nitrogens is 1. The molecule has 0 spiro atoms. The number of nitrogens with zero attached hydrogens (tertiary/aromatic N) is 1. The molecule has 1 rings (SSSR count). The van der Waals surface area contributed by atoms with E-state index in [-0.39, 0.29) is 11.9 Å². The highest BCUT2D eigenvalue weighted by Crippen LogP contribution is 2.27. The number of aliphatic hydroxyl groups excluding tert-OH is 2. The fourth-order valence-electron chi connectivity index (χ4n) is 1.05. The summed E-state index contributed by atoms with van der Waals surface area (Å²) in [6.45, 7) is 3.75. The number of thioether (sulfide) groups is 1. The molecule has 4 heteroatoms. The molecule has 2 atom stereocenters. The highest BCUT2D eigenvalue weighted by molar-refractivity contribution is 7.99. The fourth-order valence-corrected chi connectivity index (χ4v) is 2.00. The lowest BCUT2D eigenvalue weighted by Gasteiger charge is -2.12. The molecule has 2 N–H and O–H groups in total. The first-order chi connectivity index (χ1) is 6.65. The normalized spacial score (nSPS) is 15.1. The van der Waals surface area contributed by atoms with Gasteiger partial charge in [-0.1, -0.05) is 13.0 Å². The molecule has 0 aliphatic carbocycles. The molecule has 0 bridgehead atoms. The van der Waals surface area contributed by atoms with Crippen molar-refractivity contribution in [3.05, 3.63) is 23.9 Å². The third kappa shape index (κ3) is 2.97. The Morgan fingerprint density at radius 1 is 1.50 bits per heavy atom. The second kappa shape index (κ2) is 5.34. The second-order valence-electron chi connectivity index (χ2n) is 3.18. The standard InChI is InChI=1S/C10H15NO2S/c1-7(6-12)14-10-9(8(2)13)4-3-5-11-10/h3-5,7-8,12-13H,6H2,1-2H3/t7?,8-/m0/s1. The maximum Gasteiger partial charge on any atom is 0.102 e. The summed E-state index contributed by atoms with van der Waals surface area (Å²) in [6, 6.07) is 3.65. The van der Waals surface area contributed by atoms with Crippen molar-refractivity contribution >= 4 is 11.8 Å². The fraction of sp³-hybridized carbons (Fsp3) is 0.500. The first-order valence-electron chi connectivity index (χ1n) is 4.55. The first kappa shape index (κ1) is 11.5. The Bertz CT molecular complexity index is 291. The number of hydrogen-bond acceptors (Lipinski definition) is 4. The van der Waals surface area contributed by atoms with Gasteiger partial charge in [-0.2, -0.15) is 0 Å². The van der Waals surface area contributed by atoms with E-state index in [1.54, 1.807) is 19.2 Å². The van der Waals surface area contributed by atoms with E-state index >= 15 is 0 Å². The number of aliphatic hydroxyl groups is 2. The van der Waals surface area contributed by atoms with Crippen LogP contribution in [0.1, 0.15) is 25.5 Å². The van der Waals surface area contributed by atoms with Crippen molar-refractivity contribution in [3.63, 3.8) is 0 Å². The summed E-state index contributed by atoms with van der Waals surface area (Å²) in [5.74, 6) is 0. The molecule has 1 aromatic heterocycles. The van der Waals surface area contributed by atoms with Crippen LogP contribution < -0.4 is 0 Å². The summed E-state index contributed by atoms with van der Waals surface area (Å²) < 4.78 is 0. The summed E-state index contributed by atoms with van der Waals surface area (Å²) in [7, 11) is 0. The second-order valence-corrected chi connectivity index (χ2v) is 4.61. The molecule has 3 nitrogen and oxygen atoms in total. The van der Waals surface area contributed by atoms with Crippen molar-refractivity contribution in [2.45, 2.75) is 30.2 Å².